The topological polar surface area (TPSA) is 75.3 Å². The van der Waals surface area contributed by atoms with E-state index >= 15 is 0 Å². The second kappa shape index (κ2) is 9.65. The zero-order valence-electron chi connectivity index (χ0n) is 16.5. The molecule has 0 fully saturated rings. The highest BCUT2D eigenvalue weighted by molar-refractivity contribution is 7.89. The van der Waals surface area contributed by atoms with Gasteiger partial charge in [-0.25, -0.2) is 17.5 Å². The number of aryl methyl sites for hydroxylation is 1. The summed E-state index contributed by atoms with van der Waals surface area (Å²) in [7, 11) is -3.66. The van der Waals surface area contributed by atoms with Crippen LogP contribution in [0.25, 0.3) is 0 Å². The van der Waals surface area contributed by atoms with Crippen molar-refractivity contribution >= 4 is 21.6 Å². The third kappa shape index (κ3) is 5.98. The Morgan fingerprint density at radius 2 is 1.57 bits per heavy atom. The molecular formula is C23H23FN2O3S. The molecule has 0 aliphatic heterocycles. The van der Waals surface area contributed by atoms with Gasteiger partial charge in [0.25, 0.3) is 0 Å². The fraction of sp³-hybridized carbons (Fsp3) is 0.174. The summed E-state index contributed by atoms with van der Waals surface area (Å²) < 4.78 is 40.8. The largest absolute Gasteiger partial charge is 0.326 e. The summed E-state index contributed by atoms with van der Waals surface area (Å²) in [4.78, 5) is 12.2. The van der Waals surface area contributed by atoms with Crippen LogP contribution >= 0.6 is 0 Å². The molecule has 3 aromatic carbocycles. The smallest absolute Gasteiger partial charge is 0.241 e. The Hall–Kier alpha value is -3.03. The van der Waals surface area contributed by atoms with Crippen molar-refractivity contribution in [2.75, 3.05) is 5.32 Å². The van der Waals surface area contributed by atoms with E-state index in [0.29, 0.717) is 12.1 Å². The monoisotopic (exact) mass is 426 g/mol. The van der Waals surface area contributed by atoms with Crippen LogP contribution in [0.4, 0.5) is 10.1 Å². The van der Waals surface area contributed by atoms with Crippen LogP contribution in [0, 0.1) is 5.82 Å². The van der Waals surface area contributed by atoms with Crippen LogP contribution in [0.1, 0.15) is 30.5 Å². The van der Waals surface area contributed by atoms with Gasteiger partial charge >= 0.3 is 0 Å². The summed E-state index contributed by atoms with van der Waals surface area (Å²) in [6.07, 6.45) is 0.688. The summed E-state index contributed by atoms with van der Waals surface area (Å²) in [5, 5.41) is 2.70. The molecule has 1 atom stereocenters. The van der Waals surface area contributed by atoms with Gasteiger partial charge in [-0.05, 0) is 60.9 Å². The summed E-state index contributed by atoms with van der Waals surface area (Å²) in [5.74, 6) is -0.563. The normalized spacial score (nSPS) is 12.3. The van der Waals surface area contributed by atoms with Crippen LogP contribution in [0.15, 0.2) is 83.8 Å². The van der Waals surface area contributed by atoms with Gasteiger partial charge in [0, 0.05) is 18.2 Å². The molecule has 0 unspecified atom stereocenters. The molecule has 156 valence electrons. The second-order valence-electron chi connectivity index (χ2n) is 6.95. The average molecular weight is 427 g/mol. The summed E-state index contributed by atoms with van der Waals surface area (Å²) in [6, 6.07) is 21.0. The van der Waals surface area contributed by atoms with Gasteiger partial charge in [0.1, 0.15) is 5.82 Å². The molecule has 0 saturated heterocycles. The maximum atomic E-state index is 12.9. The van der Waals surface area contributed by atoms with Crippen molar-refractivity contribution in [3.8, 4) is 0 Å². The molecule has 5 nitrogen and oxygen atoms in total. The van der Waals surface area contributed by atoms with E-state index in [4.69, 9.17) is 0 Å². The summed E-state index contributed by atoms with van der Waals surface area (Å²) >= 11 is 0. The number of carbonyl (C=O) groups is 1. The molecule has 0 spiro atoms. The van der Waals surface area contributed by atoms with Crippen molar-refractivity contribution in [1.82, 2.24) is 4.72 Å². The van der Waals surface area contributed by atoms with Crippen LogP contribution in [0.2, 0.25) is 0 Å². The maximum absolute atomic E-state index is 12.9. The minimum atomic E-state index is -3.66. The van der Waals surface area contributed by atoms with Crippen LogP contribution in [-0.4, -0.2) is 14.3 Å². The lowest BCUT2D eigenvalue weighted by Gasteiger charge is -2.15. The highest BCUT2D eigenvalue weighted by atomic mass is 32.2. The summed E-state index contributed by atoms with van der Waals surface area (Å²) in [5.41, 5.74) is 2.26. The van der Waals surface area contributed by atoms with Crippen molar-refractivity contribution in [2.45, 2.75) is 30.7 Å². The number of benzene rings is 3. The van der Waals surface area contributed by atoms with Crippen molar-refractivity contribution in [1.29, 1.82) is 0 Å². The zero-order valence-corrected chi connectivity index (χ0v) is 17.3. The third-order valence-electron chi connectivity index (χ3n) is 4.63. The van der Waals surface area contributed by atoms with E-state index in [1.54, 1.807) is 19.1 Å². The van der Waals surface area contributed by atoms with Gasteiger partial charge < -0.3 is 5.32 Å². The highest BCUT2D eigenvalue weighted by Gasteiger charge is 2.18. The van der Waals surface area contributed by atoms with Gasteiger partial charge in [-0.1, -0.05) is 42.5 Å². The van der Waals surface area contributed by atoms with Gasteiger partial charge in [-0.3, -0.25) is 4.79 Å². The van der Waals surface area contributed by atoms with E-state index in [0.717, 1.165) is 11.1 Å². The van der Waals surface area contributed by atoms with Gasteiger partial charge in [0.2, 0.25) is 15.9 Å². The Morgan fingerprint density at radius 3 is 2.20 bits per heavy atom. The molecule has 3 aromatic rings. The van der Waals surface area contributed by atoms with E-state index in [-0.39, 0.29) is 29.1 Å². The fourth-order valence-electron chi connectivity index (χ4n) is 2.96. The molecule has 2 N–H and O–H groups in total. The van der Waals surface area contributed by atoms with Crippen LogP contribution < -0.4 is 10.0 Å². The number of sulfonamides is 1. The Morgan fingerprint density at radius 1 is 0.933 bits per heavy atom. The quantitative estimate of drug-likeness (QED) is 0.559. The molecule has 0 bridgehead atoms. The van der Waals surface area contributed by atoms with Crippen LogP contribution in [-0.2, 0) is 21.2 Å². The lowest BCUT2D eigenvalue weighted by Crippen LogP contribution is -2.26. The minimum Gasteiger partial charge on any atom is -0.326 e. The van der Waals surface area contributed by atoms with Gasteiger partial charge in [0.05, 0.1) is 4.90 Å². The number of anilines is 1. The lowest BCUT2D eigenvalue weighted by molar-refractivity contribution is -0.116. The maximum Gasteiger partial charge on any atom is 0.241 e. The third-order valence-corrected chi connectivity index (χ3v) is 6.19. The Balaban J connectivity index is 1.56. The Labute approximate surface area is 176 Å². The van der Waals surface area contributed by atoms with Crippen molar-refractivity contribution < 1.29 is 17.6 Å². The average Bonchev–Trinajstić information content (AvgIpc) is 2.74. The first-order valence-electron chi connectivity index (χ1n) is 9.55. The molecule has 0 heterocycles. The fourth-order valence-corrected chi connectivity index (χ4v) is 4.19. The molecule has 0 radical (unpaired) electrons. The number of hydrogen-bond donors (Lipinski definition) is 2. The number of amides is 1. The molecule has 1 amide bonds. The number of nitrogens with one attached hydrogen (secondary N) is 2. The Kier molecular flexibility index (Phi) is 6.97. The van der Waals surface area contributed by atoms with E-state index in [9.17, 15) is 17.6 Å². The number of hydrogen-bond acceptors (Lipinski definition) is 3. The first-order chi connectivity index (χ1) is 14.3. The molecular weight excluding hydrogens is 403 g/mol. The zero-order chi connectivity index (χ0) is 21.6. The SMILES string of the molecule is C[C@H](NS(=O)(=O)c1ccc(CCC(=O)Nc2ccc(F)cc2)cc1)c1ccccc1. The molecule has 3 rings (SSSR count). The highest BCUT2D eigenvalue weighted by Crippen LogP contribution is 2.18. The standard InChI is InChI=1S/C23H23FN2O3S/c1-17(19-5-3-2-4-6-19)26-30(28,29)22-14-7-18(8-15-22)9-16-23(27)25-21-12-10-20(24)11-13-21/h2-8,10-15,17,26H,9,16H2,1H3,(H,25,27)/t17-/m0/s1. The van der Waals surface area contributed by atoms with E-state index < -0.39 is 10.0 Å². The molecule has 0 aliphatic carbocycles. The Bertz CT molecular complexity index is 1080. The minimum absolute atomic E-state index is 0.171. The second-order valence-corrected chi connectivity index (χ2v) is 8.67. The molecule has 30 heavy (non-hydrogen) atoms. The lowest BCUT2D eigenvalue weighted by atomic mass is 10.1. The van der Waals surface area contributed by atoms with Crippen molar-refractivity contribution in [3.05, 3.63) is 95.8 Å². The summed E-state index contributed by atoms with van der Waals surface area (Å²) in [6.45, 7) is 1.79. The van der Waals surface area contributed by atoms with Gasteiger partial charge in [0.15, 0.2) is 0 Å². The number of rotatable bonds is 8. The number of halogens is 1. The van der Waals surface area contributed by atoms with Gasteiger partial charge in [-0.2, -0.15) is 0 Å². The van der Waals surface area contributed by atoms with Crippen molar-refractivity contribution in [3.63, 3.8) is 0 Å². The number of carbonyl (C=O) groups excluding carboxylic acids is 1. The van der Waals surface area contributed by atoms with Crippen LogP contribution in [0.5, 0.6) is 0 Å². The van der Waals surface area contributed by atoms with E-state index in [1.165, 1.54) is 36.4 Å². The predicted molar refractivity (Wildman–Crippen MR) is 115 cm³/mol. The van der Waals surface area contributed by atoms with E-state index in [2.05, 4.69) is 10.0 Å². The molecule has 7 heteroatoms. The predicted octanol–water partition coefficient (Wildman–Crippen LogP) is 4.44. The first-order valence-corrected chi connectivity index (χ1v) is 11.0. The van der Waals surface area contributed by atoms with Crippen molar-refractivity contribution in [2.24, 2.45) is 0 Å². The van der Waals surface area contributed by atoms with Gasteiger partial charge in [-0.15, -0.1) is 0 Å². The first kappa shape index (κ1) is 21.7. The molecule has 0 saturated carbocycles. The van der Waals surface area contributed by atoms with Crippen LogP contribution in [0.3, 0.4) is 0 Å². The molecule has 0 aromatic heterocycles. The van der Waals surface area contributed by atoms with E-state index in [1.807, 2.05) is 30.3 Å². The molecule has 0 aliphatic rings.